The molecule has 1 unspecified atom stereocenters. The molecule has 0 bridgehead atoms. The fourth-order valence-electron chi connectivity index (χ4n) is 0.864. The van der Waals surface area contributed by atoms with Gasteiger partial charge >= 0.3 is 5.97 Å². The number of nitrogens with zero attached hydrogens (tertiary/aromatic N) is 1. The Morgan fingerprint density at radius 2 is 2.54 bits per heavy atom. The number of nitriles is 1. The third-order valence-corrected chi connectivity index (χ3v) is 2.21. The second-order valence-electron chi connectivity index (χ2n) is 2.33. The first kappa shape index (κ1) is 9.81. The van der Waals surface area contributed by atoms with Gasteiger partial charge in [-0.1, -0.05) is 15.9 Å². The van der Waals surface area contributed by atoms with Crippen molar-refractivity contribution in [1.29, 1.82) is 5.26 Å². The smallest absolute Gasteiger partial charge is 0.339 e. The lowest BCUT2D eigenvalue weighted by molar-refractivity contribution is 0.0601. The Kier molecular flexibility index (Phi) is 3.09. The number of hydrogen-bond donors (Lipinski definition) is 1. The lowest BCUT2D eigenvalue weighted by atomic mass is 10.3. The summed E-state index contributed by atoms with van der Waals surface area (Å²) >= 11 is 3.12. The minimum Gasteiger partial charge on any atom is -0.465 e. The molecule has 1 aromatic heterocycles. The summed E-state index contributed by atoms with van der Waals surface area (Å²) < 4.78 is 4.51. The second kappa shape index (κ2) is 4.10. The number of carbonyl (C=O) groups excluding carboxylic acids is 1. The van der Waals surface area contributed by atoms with Crippen molar-refractivity contribution in [3.63, 3.8) is 0 Å². The van der Waals surface area contributed by atoms with Crippen LogP contribution in [0.3, 0.4) is 0 Å². The zero-order valence-electron chi connectivity index (χ0n) is 6.87. The third kappa shape index (κ3) is 2.10. The van der Waals surface area contributed by atoms with Crippen molar-refractivity contribution in [3.8, 4) is 6.07 Å². The minimum absolute atomic E-state index is 0.414. The molecule has 0 aliphatic heterocycles. The van der Waals surface area contributed by atoms with Crippen molar-refractivity contribution in [3.05, 3.63) is 23.5 Å². The Balaban J connectivity index is 2.88. The number of hydrogen-bond acceptors (Lipinski definition) is 3. The topological polar surface area (TPSA) is 65.9 Å². The Morgan fingerprint density at radius 1 is 1.85 bits per heavy atom. The van der Waals surface area contributed by atoms with Crippen LogP contribution in [0.25, 0.3) is 0 Å². The number of carbonyl (C=O) groups is 1. The van der Waals surface area contributed by atoms with Crippen molar-refractivity contribution < 1.29 is 9.53 Å². The first-order valence-corrected chi connectivity index (χ1v) is 4.41. The van der Waals surface area contributed by atoms with Gasteiger partial charge in [0.25, 0.3) is 0 Å². The molecular formula is C8H7BrN2O2. The molecule has 68 valence electrons. The molecule has 0 spiro atoms. The van der Waals surface area contributed by atoms with Crippen LogP contribution >= 0.6 is 15.9 Å². The molecule has 13 heavy (non-hydrogen) atoms. The van der Waals surface area contributed by atoms with E-state index in [2.05, 4.69) is 25.7 Å². The molecule has 1 rings (SSSR count). The Hall–Kier alpha value is -1.28. The second-order valence-corrected chi connectivity index (χ2v) is 3.24. The van der Waals surface area contributed by atoms with Gasteiger partial charge in [-0.2, -0.15) is 5.26 Å². The number of nitrogens with one attached hydrogen (secondary N) is 1. The number of aromatic nitrogens is 1. The predicted molar refractivity (Wildman–Crippen MR) is 49.4 cm³/mol. The molecule has 0 amide bonds. The van der Waals surface area contributed by atoms with Crippen LogP contribution in [0.15, 0.2) is 12.3 Å². The third-order valence-electron chi connectivity index (χ3n) is 1.51. The highest BCUT2D eigenvalue weighted by Gasteiger charge is 2.12. The zero-order chi connectivity index (χ0) is 9.84. The van der Waals surface area contributed by atoms with E-state index >= 15 is 0 Å². The first-order valence-electron chi connectivity index (χ1n) is 3.49. The fourth-order valence-corrected chi connectivity index (χ4v) is 1.13. The van der Waals surface area contributed by atoms with Crippen LogP contribution in [0, 0.1) is 11.3 Å². The standard InChI is InChI=1S/C8H7BrN2O2/c1-13-8(12)5-2-7(11-4-5)6(9)3-10/h2,4,6,11H,1H3. The van der Waals surface area contributed by atoms with E-state index < -0.39 is 10.8 Å². The normalized spacial score (nSPS) is 11.8. The van der Waals surface area contributed by atoms with Crippen molar-refractivity contribution in [2.45, 2.75) is 4.83 Å². The summed E-state index contributed by atoms with van der Waals surface area (Å²) in [5, 5.41) is 8.56. The number of halogens is 1. The fraction of sp³-hybridized carbons (Fsp3) is 0.250. The van der Waals surface area contributed by atoms with Gasteiger partial charge in [0, 0.05) is 11.9 Å². The lowest BCUT2D eigenvalue weighted by Crippen LogP contribution is -1.98. The quantitative estimate of drug-likeness (QED) is 0.635. The lowest BCUT2D eigenvalue weighted by Gasteiger charge is -1.93. The monoisotopic (exact) mass is 242 g/mol. The van der Waals surface area contributed by atoms with Crippen LogP contribution in [-0.2, 0) is 4.74 Å². The SMILES string of the molecule is COC(=O)c1c[nH]c(C(Br)C#N)c1. The van der Waals surface area contributed by atoms with E-state index in [0.29, 0.717) is 11.3 Å². The molecule has 0 saturated heterocycles. The van der Waals surface area contributed by atoms with Gasteiger partial charge in [0.1, 0.15) is 4.83 Å². The Labute approximate surface area is 83.6 Å². The summed E-state index contributed by atoms with van der Waals surface area (Å²) in [6, 6.07) is 3.56. The molecule has 0 saturated carbocycles. The van der Waals surface area contributed by atoms with Crippen LogP contribution < -0.4 is 0 Å². The average molecular weight is 243 g/mol. The maximum Gasteiger partial charge on any atom is 0.339 e. The summed E-state index contributed by atoms with van der Waals surface area (Å²) in [6.07, 6.45) is 1.51. The van der Waals surface area contributed by atoms with Gasteiger partial charge in [-0.05, 0) is 6.07 Å². The number of rotatable bonds is 2. The molecule has 0 radical (unpaired) electrons. The first-order chi connectivity index (χ1) is 6.19. The van der Waals surface area contributed by atoms with Crippen LogP contribution in [0.1, 0.15) is 20.9 Å². The van der Waals surface area contributed by atoms with Crippen molar-refractivity contribution >= 4 is 21.9 Å². The molecule has 1 atom stereocenters. The number of H-pyrrole nitrogens is 1. The van der Waals surface area contributed by atoms with Gasteiger partial charge < -0.3 is 9.72 Å². The summed E-state index contributed by atoms with van der Waals surface area (Å²) in [6.45, 7) is 0. The molecular weight excluding hydrogens is 236 g/mol. The molecule has 0 fully saturated rings. The maximum absolute atomic E-state index is 11.0. The molecule has 1 heterocycles. The van der Waals surface area contributed by atoms with Crippen molar-refractivity contribution in [1.82, 2.24) is 4.98 Å². The Bertz CT molecular complexity index is 353. The molecule has 1 N–H and O–H groups in total. The van der Waals surface area contributed by atoms with E-state index in [0.717, 1.165) is 0 Å². The van der Waals surface area contributed by atoms with Gasteiger partial charge in [0.2, 0.25) is 0 Å². The number of esters is 1. The summed E-state index contributed by atoms with van der Waals surface area (Å²) in [5.74, 6) is -0.417. The van der Waals surface area contributed by atoms with E-state index in [9.17, 15) is 4.79 Å². The van der Waals surface area contributed by atoms with Gasteiger partial charge in [-0.25, -0.2) is 4.79 Å². The highest BCUT2D eigenvalue weighted by Crippen LogP contribution is 2.21. The van der Waals surface area contributed by atoms with Crippen LogP contribution in [-0.4, -0.2) is 18.1 Å². The van der Waals surface area contributed by atoms with Crippen molar-refractivity contribution in [2.75, 3.05) is 7.11 Å². The molecule has 0 aliphatic rings. The molecule has 0 aromatic carbocycles. The van der Waals surface area contributed by atoms with Gasteiger partial charge in [0.15, 0.2) is 0 Å². The van der Waals surface area contributed by atoms with Gasteiger partial charge in [-0.3, -0.25) is 0 Å². The van der Waals surface area contributed by atoms with Crippen LogP contribution in [0.5, 0.6) is 0 Å². The zero-order valence-corrected chi connectivity index (χ0v) is 8.46. The van der Waals surface area contributed by atoms with Gasteiger partial charge in [0.05, 0.1) is 18.7 Å². The Morgan fingerprint density at radius 3 is 3.08 bits per heavy atom. The van der Waals surface area contributed by atoms with E-state index in [-0.39, 0.29) is 0 Å². The number of alkyl halides is 1. The number of ether oxygens (including phenoxy) is 1. The highest BCUT2D eigenvalue weighted by molar-refractivity contribution is 9.09. The summed E-state index contributed by atoms with van der Waals surface area (Å²) in [4.78, 5) is 13.4. The summed E-state index contributed by atoms with van der Waals surface area (Å²) in [5.41, 5.74) is 1.06. The molecule has 0 aliphatic carbocycles. The minimum atomic E-state index is -0.425. The van der Waals surface area contributed by atoms with E-state index in [4.69, 9.17) is 5.26 Å². The van der Waals surface area contributed by atoms with E-state index in [1.165, 1.54) is 13.3 Å². The van der Waals surface area contributed by atoms with Crippen LogP contribution in [0.4, 0.5) is 0 Å². The van der Waals surface area contributed by atoms with Crippen molar-refractivity contribution in [2.24, 2.45) is 0 Å². The molecule has 4 nitrogen and oxygen atoms in total. The average Bonchev–Trinajstić information content (AvgIpc) is 2.64. The van der Waals surface area contributed by atoms with E-state index in [1.54, 1.807) is 6.07 Å². The number of aromatic amines is 1. The molecule has 1 aromatic rings. The summed E-state index contributed by atoms with van der Waals surface area (Å²) in [7, 11) is 1.31. The van der Waals surface area contributed by atoms with Crippen LogP contribution in [0.2, 0.25) is 0 Å². The van der Waals surface area contributed by atoms with E-state index in [1.807, 2.05) is 6.07 Å². The van der Waals surface area contributed by atoms with Gasteiger partial charge in [-0.15, -0.1) is 0 Å². The molecule has 5 heteroatoms. The predicted octanol–water partition coefficient (Wildman–Crippen LogP) is 1.76. The number of methoxy groups -OCH3 is 1. The maximum atomic E-state index is 11.0. The largest absolute Gasteiger partial charge is 0.465 e. The highest BCUT2D eigenvalue weighted by atomic mass is 79.9.